The van der Waals surface area contributed by atoms with Crippen LogP contribution in [-0.4, -0.2) is 66.0 Å². The summed E-state index contributed by atoms with van der Waals surface area (Å²) in [7, 11) is 4.01. The van der Waals surface area contributed by atoms with Crippen molar-refractivity contribution in [2.24, 2.45) is 0 Å². The first kappa shape index (κ1) is 19.8. The number of fused-ring (bicyclic) bond motifs is 1. The van der Waals surface area contributed by atoms with Crippen LogP contribution in [-0.2, 0) is 0 Å². The number of carbonyl (C=O) groups is 1. The van der Waals surface area contributed by atoms with Crippen molar-refractivity contribution >= 4 is 27.5 Å². The Balaban J connectivity index is 1.79. The van der Waals surface area contributed by atoms with Gasteiger partial charge < -0.3 is 14.5 Å². The van der Waals surface area contributed by atoms with Crippen LogP contribution in [0.1, 0.15) is 28.2 Å². The maximum absolute atomic E-state index is 13.2. The predicted octanol–water partition coefficient (Wildman–Crippen LogP) is 3.84. The summed E-state index contributed by atoms with van der Waals surface area (Å²) in [4.78, 5) is 28.1. The van der Waals surface area contributed by atoms with E-state index in [4.69, 9.17) is 14.7 Å². The molecule has 0 atom stereocenters. The Labute approximate surface area is 175 Å². The summed E-state index contributed by atoms with van der Waals surface area (Å²) >= 11 is 1.42. The van der Waals surface area contributed by atoms with E-state index in [-0.39, 0.29) is 5.91 Å². The van der Waals surface area contributed by atoms with Crippen molar-refractivity contribution in [3.05, 3.63) is 40.9 Å². The summed E-state index contributed by atoms with van der Waals surface area (Å²) in [5.74, 6) is 1.36. The maximum atomic E-state index is 13.2. The van der Waals surface area contributed by atoms with Gasteiger partial charge in [-0.1, -0.05) is 30.3 Å². The molecule has 1 amide bonds. The molecule has 7 heteroatoms. The number of rotatable bonds is 6. The second-order valence-electron chi connectivity index (χ2n) is 7.59. The highest BCUT2D eigenvalue weighted by molar-refractivity contribution is 7.21. The van der Waals surface area contributed by atoms with Crippen LogP contribution >= 0.6 is 11.3 Å². The molecule has 1 aromatic carbocycles. The normalized spacial score (nSPS) is 14.1. The van der Waals surface area contributed by atoms with Crippen molar-refractivity contribution in [1.29, 1.82) is 0 Å². The van der Waals surface area contributed by atoms with E-state index < -0.39 is 0 Å². The van der Waals surface area contributed by atoms with Gasteiger partial charge in [-0.25, -0.2) is 9.97 Å². The molecule has 1 saturated heterocycles. The molecule has 1 aliphatic heterocycles. The van der Waals surface area contributed by atoms with Gasteiger partial charge in [-0.05, 0) is 33.9 Å². The standard InChI is InChI=1S/C22H26N4O2S/c1-15-17-18(28-14-13-25(2)3)19(22(27)26-11-7-8-12-26)29-21(17)24-20(23-15)16-9-5-4-6-10-16/h4-6,9-10H,7-8,11-14H2,1-3H3. The van der Waals surface area contributed by atoms with Gasteiger partial charge in [0.25, 0.3) is 5.91 Å². The van der Waals surface area contributed by atoms with E-state index in [2.05, 4.69) is 4.90 Å². The Morgan fingerprint density at radius 1 is 1.17 bits per heavy atom. The summed E-state index contributed by atoms with van der Waals surface area (Å²) in [6.45, 7) is 4.87. The average Bonchev–Trinajstić information content (AvgIpc) is 3.36. The summed E-state index contributed by atoms with van der Waals surface area (Å²) in [5.41, 5.74) is 1.80. The number of aryl methyl sites for hydroxylation is 1. The largest absolute Gasteiger partial charge is 0.490 e. The van der Waals surface area contributed by atoms with Gasteiger partial charge >= 0.3 is 0 Å². The maximum Gasteiger partial charge on any atom is 0.267 e. The number of benzene rings is 1. The molecule has 0 unspecified atom stereocenters. The number of likely N-dealkylation sites (tertiary alicyclic amines) is 1. The van der Waals surface area contributed by atoms with Gasteiger partial charge in [0, 0.05) is 25.2 Å². The molecule has 29 heavy (non-hydrogen) atoms. The monoisotopic (exact) mass is 410 g/mol. The van der Waals surface area contributed by atoms with E-state index in [1.54, 1.807) is 0 Å². The highest BCUT2D eigenvalue weighted by Crippen LogP contribution is 2.40. The summed E-state index contributed by atoms with van der Waals surface area (Å²) in [6, 6.07) is 9.93. The fourth-order valence-electron chi connectivity index (χ4n) is 3.53. The predicted molar refractivity (Wildman–Crippen MR) is 117 cm³/mol. The molecule has 0 saturated carbocycles. The zero-order chi connectivity index (χ0) is 20.4. The van der Waals surface area contributed by atoms with Gasteiger partial charge in [-0.2, -0.15) is 0 Å². The van der Waals surface area contributed by atoms with Crippen molar-refractivity contribution < 1.29 is 9.53 Å². The number of ether oxygens (including phenoxy) is 1. The molecule has 3 aromatic rings. The van der Waals surface area contributed by atoms with E-state index in [0.717, 1.165) is 53.9 Å². The van der Waals surface area contributed by atoms with Crippen LogP contribution < -0.4 is 4.74 Å². The minimum atomic E-state index is 0.0472. The Kier molecular flexibility index (Phi) is 5.78. The lowest BCUT2D eigenvalue weighted by Crippen LogP contribution is -2.27. The molecule has 0 aliphatic carbocycles. The second kappa shape index (κ2) is 8.47. The van der Waals surface area contributed by atoms with Crippen molar-refractivity contribution in [2.45, 2.75) is 19.8 Å². The lowest BCUT2D eigenvalue weighted by molar-refractivity contribution is 0.0793. The third kappa shape index (κ3) is 4.11. The smallest absolute Gasteiger partial charge is 0.267 e. The van der Waals surface area contributed by atoms with Crippen LogP contribution in [0.4, 0.5) is 0 Å². The molecular formula is C22H26N4O2S. The highest BCUT2D eigenvalue weighted by Gasteiger charge is 2.28. The van der Waals surface area contributed by atoms with Crippen molar-refractivity contribution in [1.82, 2.24) is 19.8 Å². The van der Waals surface area contributed by atoms with Crippen LogP contribution in [0.5, 0.6) is 5.75 Å². The van der Waals surface area contributed by atoms with Gasteiger partial charge in [-0.3, -0.25) is 4.79 Å². The molecule has 6 nitrogen and oxygen atoms in total. The molecule has 0 N–H and O–H groups in total. The van der Waals surface area contributed by atoms with Crippen LogP contribution in [0, 0.1) is 6.92 Å². The second-order valence-corrected chi connectivity index (χ2v) is 8.59. The lowest BCUT2D eigenvalue weighted by Gasteiger charge is -2.16. The van der Waals surface area contributed by atoms with Gasteiger partial charge in [0.2, 0.25) is 0 Å². The molecule has 1 aliphatic rings. The Bertz CT molecular complexity index is 1010. The number of thiophene rings is 1. The topological polar surface area (TPSA) is 58.6 Å². The van der Waals surface area contributed by atoms with Gasteiger partial charge in [0.15, 0.2) is 11.6 Å². The zero-order valence-electron chi connectivity index (χ0n) is 17.1. The number of hydrogen-bond acceptors (Lipinski definition) is 6. The molecule has 152 valence electrons. The molecule has 2 aromatic heterocycles. The Morgan fingerprint density at radius 2 is 1.90 bits per heavy atom. The molecule has 4 rings (SSSR count). The molecule has 0 spiro atoms. The van der Waals surface area contributed by atoms with E-state index in [9.17, 15) is 4.79 Å². The quantitative estimate of drug-likeness (QED) is 0.618. The molecule has 1 fully saturated rings. The average molecular weight is 411 g/mol. The third-order valence-electron chi connectivity index (χ3n) is 5.09. The number of amides is 1. The summed E-state index contributed by atoms with van der Waals surface area (Å²) in [6.07, 6.45) is 2.12. The number of likely N-dealkylation sites (N-methyl/N-ethyl adjacent to an activating group) is 1. The van der Waals surface area contributed by atoms with Gasteiger partial charge in [0.05, 0.1) is 11.1 Å². The van der Waals surface area contributed by atoms with Crippen molar-refractivity contribution in [3.8, 4) is 17.1 Å². The number of aromatic nitrogens is 2. The summed E-state index contributed by atoms with van der Waals surface area (Å²) < 4.78 is 6.15. The van der Waals surface area contributed by atoms with Gasteiger partial charge in [-0.15, -0.1) is 11.3 Å². The molecule has 0 bridgehead atoms. The SMILES string of the molecule is Cc1nc(-c2ccccc2)nc2sc(C(=O)N3CCCC3)c(OCCN(C)C)c12. The lowest BCUT2D eigenvalue weighted by atomic mass is 10.2. The fraction of sp³-hybridized carbons (Fsp3) is 0.409. The minimum absolute atomic E-state index is 0.0472. The summed E-state index contributed by atoms with van der Waals surface area (Å²) in [5, 5.41) is 0.857. The van der Waals surface area contributed by atoms with Crippen LogP contribution in [0.3, 0.4) is 0 Å². The van der Waals surface area contributed by atoms with Crippen LogP contribution in [0.25, 0.3) is 21.6 Å². The number of nitrogens with zero attached hydrogens (tertiary/aromatic N) is 4. The number of carbonyl (C=O) groups excluding carboxylic acids is 1. The first-order chi connectivity index (χ1) is 14.0. The van der Waals surface area contributed by atoms with Gasteiger partial charge in [0.1, 0.15) is 16.3 Å². The van der Waals surface area contributed by atoms with E-state index in [1.165, 1.54) is 11.3 Å². The van der Waals surface area contributed by atoms with Crippen molar-refractivity contribution in [3.63, 3.8) is 0 Å². The van der Waals surface area contributed by atoms with Crippen molar-refractivity contribution in [2.75, 3.05) is 40.3 Å². The zero-order valence-corrected chi connectivity index (χ0v) is 18.0. The third-order valence-corrected chi connectivity index (χ3v) is 6.15. The molecule has 0 radical (unpaired) electrons. The Morgan fingerprint density at radius 3 is 2.59 bits per heavy atom. The first-order valence-corrected chi connectivity index (χ1v) is 10.8. The minimum Gasteiger partial charge on any atom is -0.490 e. The van der Waals surface area contributed by atoms with E-state index in [0.29, 0.717) is 23.1 Å². The van der Waals surface area contributed by atoms with Crippen LogP contribution in [0.15, 0.2) is 30.3 Å². The van der Waals surface area contributed by atoms with E-state index in [1.807, 2.05) is 56.3 Å². The highest BCUT2D eigenvalue weighted by atomic mass is 32.1. The first-order valence-electron chi connectivity index (χ1n) is 9.98. The molecule has 3 heterocycles. The van der Waals surface area contributed by atoms with E-state index >= 15 is 0 Å². The Hall–Kier alpha value is -2.51. The van der Waals surface area contributed by atoms with Crippen LogP contribution in [0.2, 0.25) is 0 Å². The fourth-order valence-corrected chi connectivity index (χ4v) is 4.67. The number of hydrogen-bond donors (Lipinski definition) is 0. The molecular weight excluding hydrogens is 384 g/mol.